The van der Waals surface area contributed by atoms with Gasteiger partial charge < -0.3 is 15.2 Å². The van der Waals surface area contributed by atoms with Crippen LogP contribution in [0.5, 0.6) is 0 Å². The van der Waals surface area contributed by atoms with Crippen molar-refractivity contribution in [3.05, 3.63) is 42.1 Å². The van der Waals surface area contributed by atoms with Gasteiger partial charge in [0, 0.05) is 18.8 Å². The van der Waals surface area contributed by atoms with Gasteiger partial charge in [0.2, 0.25) is 23.5 Å². The smallest absolute Gasteiger partial charge is 0.368 e. The van der Waals surface area contributed by atoms with Gasteiger partial charge in [0.15, 0.2) is 5.69 Å². The number of hydrogen-bond donors (Lipinski definition) is 2. The van der Waals surface area contributed by atoms with Crippen molar-refractivity contribution >= 4 is 17.6 Å². The van der Waals surface area contributed by atoms with Crippen molar-refractivity contribution in [2.75, 3.05) is 17.7 Å². The monoisotopic (exact) mass is 403 g/mol. The summed E-state index contributed by atoms with van der Waals surface area (Å²) in [5.74, 6) is -0.170. The molecule has 0 saturated heterocycles. The Morgan fingerprint density at radius 3 is 2.48 bits per heavy atom. The van der Waals surface area contributed by atoms with Gasteiger partial charge in [-0.2, -0.15) is 38.2 Å². The molecular weight excluding hydrogens is 391 g/mol. The minimum absolute atomic E-state index is 0.00291. The van der Waals surface area contributed by atoms with Crippen molar-refractivity contribution in [1.29, 1.82) is 0 Å². The van der Waals surface area contributed by atoms with Crippen LogP contribution in [-0.2, 0) is 6.18 Å². The number of nitrogens with zero attached hydrogens (tertiary/aromatic N) is 7. The fourth-order valence-corrected chi connectivity index (χ4v) is 2.39. The Hall–Kier alpha value is -4.03. The molecule has 10 nitrogen and oxygen atoms in total. The molecule has 0 aliphatic rings. The predicted molar refractivity (Wildman–Crippen MR) is 94.6 cm³/mol. The summed E-state index contributed by atoms with van der Waals surface area (Å²) in [5.41, 5.74) is 5.36. The highest BCUT2D eigenvalue weighted by atomic mass is 19.4. The SMILES string of the molecule is CN(c1ccccc1)c1nc(N)nc(-c2noc(-c3cc(C(F)(F)F)[nH]n3)n2)n1. The quantitative estimate of drug-likeness (QED) is 0.527. The highest BCUT2D eigenvalue weighted by molar-refractivity contribution is 5.59. The Labute approximate surface area is 160 Å². The zero-order valence-electron chi connectivity index (χ0n) is 14.7. The highest BCUT2D eigenvalue weighted by Crippen LogP contribution is 2.30. The van der Waals surface area contributed by atoms with Crippen LogP contribution in [0.3, 0.4) is 0 Å². The average Bonchev–Trinajstić information content (AvgIpc) is 3.37. The van der Waals surface area contributed by atoms with E-state index in [0.717, 1.165) is 11.8 Å². The van der Waals surface area contributed by atoms with E-state index in [1.165, 1.54) is 0 Å². The fraction of sp³-hybridized carbons (Fsp3) is 0.125. The van der Waals surface area contributed by atoms with Crippen LogP contribution in [-0.4, -0.2) is 42.3 Å². The summed E-state index contributed by atoms with van der Waals surface area (Å²) in [6.45, 7) is 0. The van der Waals surface area contributed by atoms with Gasteiger partial charge in [0.25, 0.3) is 5.89 Å². The summed E-state index contributed by atoms with van der Waals surface area (Å²) in [7, 11) is 1.73. The first-order chi connectivity index (χ1) is 13.8. The molecule has 3 heterocycles. The summed E-state index contributed by atoms with van der Waals surface area (Å²) in [6.07, 6.45) is -4.58. The molecule has 0 saturated carbocycles. The van der Waals surface area contributed by atoms with E-state index < -0.39 is 11.9 Å². The van der Waals surface area contributed by atoms with Crippen LogP contribution in [0, 0.1) is 0 Å². The van der Waals surface area contributed by atoms with Crippen molar-refractivity contribution in [2.45, 2.75) is 6.18 Å². The maximum Gasteiger partial charge on any atom is 0.432 e. The van der Waals surface area contributed by atoms with Gasteiger partial charge in [-0.3, -0.25) is 5.10 Å². The Balaban J connectivity index is 1.66. The molecule has 0 fully saturated rings. The van der Waals surface area contributed by atoms with Crippen LogP contribution in [0.25, 0.3) is 23.2 Å². The zero-order chi connectivity index (χ0) is 20.6. The molecule has 0 amide bonds. The number of nitrogens with one attached hydrogen (secondary N) is 1. The Bertz CT molecular complexity index is 1140. The fourth-order valence-electron chi connectivity index (χ4n) is 2.39. The third-order valence-electron chi connectivity index (χ3n) is 3.81. The molecule has 0 aliphatic heterocycles. The number of H-pyrrole nitrogens is 1. The third kappa shape index (κ3) is 3.69. The normalized spacial score (nSPS) is 11.6. The lowest BCUT2D eigenvalue weighted by molar-refractivity contribution is -0.141. The number of para-hydroxylation sites is 1. The van der Waals surface area contributed by atoms with Crippen LogP contribution in [0.1, 0.15) is 5.69 Å². The zero-order valence-corrected chi connectivity index (χ0v) is 14.7. The summed E-state index contributed by atoms with van der Waals surface area (Å²) in [5, 5.41) is 9.11. The van der Waals surface area contributed by atoms with Crippen molar-refractivity contribution < 1.29 is 17.7 Å². The van der Waals surface area contributed by atoms with Gasteiger partial charge in [-0.05, 0) is 12.1 Å². The summed E-state index contributed by atoms with van der Waals surface area (Å²) in [4.78, 5) is 18.0. The maximum atomic E-state index is 12.7. The molecule has 0 bridgehead atoms. The Morgan fingerprint density at radius 2 is 1.79 bits per heavy atom. The molecule has 0 aliphatic carbocycles. The van der Waals surface area contributed by atoms with Crippen LogP contribution in [0.4, 0.5) is 30.8 Å². The number of alkyl halides is 3. The van der Waals surface area contributed by atoms with E-state index in [0.29, 0.717) is 0 Å². The average molecular weight is 403 g/mol. The number of halogens is 3. The van der Waals surface area contributed by atoms with Gasteiger partial charge in [-0.15, -0.1) is 0 Å². The maximum absolute atomic E-state index is 12.7. The van der Waals surface area contributed by atoms with E-state index >= 15 is 0 Å². The van der Waals surface area contributed by atoms with Crippen molar-refractivity contribution in [1.82, 2.24) is 35.3 Å². The van der Waals surface area contributed by atoms with Crippen LogP contribution in [0.2, 0.25) is 0 Å². The lowest BCUT2D eigenvalue weighted by Gasteiger charge is -2.17. The Morgan fingerprint density at radius 1 is 1.03 bits per heavy atom. The molecule has 148 valence electrons. The molecule has 0 unspecified atom stereocenters. The van der Waals surface area contributed by atoms with E-state index in [2.05, 4.69) is 30.2 Å². The van der Waals surface area contributed by atoms with Gasteiger partial charge in [-0.25, -0.2) is 0 Å². The number of aromatic amines is 1. The molecule has 3 aromatic heterocycles. The summed E-state index contributed by atoms with van der Waals surface area (Å²) < 4.78 is 43.1. The van der Waals surface area contributed by atoms with Gasteiger partial charge in [0.05, 0.1) is 0 Å². The van der Waals surface area contributed by atoms with Crippen molar-refractivity contribution in [3.8, 4) is 23.2 Å². The molecule has 0 spiro atoms. The first kappa shape index (κ1) is 18.3. The lowest BCUT2D eigenvalue weighted by Crippen LogP contribution is -2.15. The van der Waals surface area contributed by atoms with Gasteiger partial charge in [0.1, 0.15) is 5.69 Å². The molecule has 29 heavy (non-hydrogen) atoms. The number of anilines is 3. The standard InChI is InChI=1S/C16H12F3N9O/c1-28(8-5-3-2-4-6-8)15-23-11(22-14(20)24-15)12-21-13(29-27-12)9-7-10(26-25-9)16(17,18)19/h2-7H,1H3,(H,25,26)(H2,20,22,23,24). The second-order valence-corrected chi connectivity index (χ2v) is 5.80. The Kier molecular flexibility index (Phi) is 4.33. The number of benzene rings is 1. The molecule has 0 atom stereocenters. The lowest BCUT2D eigenvalue weighted by atomic mass is 10.3. The van der Waals surface area contributed by atoms with E-state index in [9.17, 15) is 13.2 Å². The number of rotatable bonds is 4. The minimum Gasteiger partial charge on any atom is -0.368 e. The van der Waals surface area contributed by atoms with Gasteiger partial charge in [-0.1, -0.05) is 23.4 Å². The van der Waals surface area contributed by atoms with Crippen molar-refractivity contribution in [3.63, 3.8) is 0 Å². The predicted octanol–water partition coefficient (Wildman–Crippen LogP) is 2.68. The van der Waals surface area contributed by atoms with E-state index in [4.69, 9.17) is 10.3 Å². The molecule has 1 aromatic carbocycles. The molecule has 4 rings (SSSR count). The third-order valence-corrected chi connectivity index (χ3v) is 3.81. The first-order valence-corrected chi connectivity index (χ1v) is 8.08. The van der Waals surface area contributed by atoms with Crippen LogP contribution in [0.15, 0.2) is 40.9 Å². The van der Waals surface area contributed by atoms with E-state index in [1.54, 1.807) is 11.9 Å². The minimum atomic E-state index is -4.58. The molecule has 3 N–H and O–H groups in total. The van der Waals surface area contributed by atoms with Gasteiger partial charge >= 0.3 is 6.18 Å². The number of aromatic nitrogens is 7. The number of nitrogens with two attached hydrogens (primary N) is 1. The largest absolute Gasteiger partial charge is 0.432 e. The van der Waals surface area contributed by atoms with Crippen LogP contribution >= 0.6 is 0 Å². The molecule has 4 aromatic rings. The topological polar surface area (TPSA) is 136 Å². The van der Waals surface area contributed by atoms with Crippen LogP contribution < -0.4 is 10.6 Å². The second kappa shape index (κ2) is 6.85. The van der Waals surface area contributed by atoms with E-state index in [1.807, 2.05) is 35.4 Å². The molecule has 13 heteroatoms. The molecular formula is C16H12F3N9O. The summed E-state index contributed by atoms with van der Waals surface area (Å²) in [6, 6.07) is 10.0. The van der Waals surface area contributed by atoms with Crippen molar-refractivity contribution in [2.24, 2.45) is 0 Å². The second-order valence-electron chi connectivity index (χ2n) is 5.80. The number of nitrogen functional groups attached to an aromatic ring is 1. The summed E-state index contributed by atoms with van der Waals surface area (Å²) >= 11 is 0. The first-order valence-electron chi connectivity index (χ1n) is 8.08. The molecule has 0 radical (unpaired) electrons. The number of hydrogen-bond acceptors (Lipinski definition) is 9. The van der Waals surface area contributed by atoms with E-state index in [-0.39, 0.29) is 35.1 Å². The highest BCUT2D eigenvalue weighted by Gasteiger charge is 2.34.